The first-order valence-electron chi connectivity index (χ1n) is 10.9. The largest absolute Gasteiger partial charge is 0.468 e. The summed E-state index contributed by atoms with van der Waals surface area (Å²) < 4.78 is 5.06. The molecule has 0 saturated heterocycles. The van der Waals surface area contributed by atoms with Crippen molar-refractivity contribution >= 4 is 28.3 Å². The summed E-state index contributed by atoms with van der Waals surface area (Å²) >= 11 is 0. The Morgan fingerprint density at radius 3 is 2.59 bits per heavy atom. The van der Waals surface area contributed by atoms with Gasteiger partial charge in [-0.25, -0.2) is 0 Å². The molecule has 5 rings (SSSR count). The van der Waals surface area contributed by atoms with Crippen molar-refractivity contribution in [2.75, 3.05) is 12.4 Å². The summed E-state index contributed by atoms with van der Waals surface area (Å²) in [5.41, 5.74) is 6.06. The van der Waals surface area contributed by atoms with E-state index in [0.29, 0.717) is 12.0 Å². The maximum absolute atomic E-state index is 14.0. The van der Waals surface area contributed by atoms with Crippen molar-refractivity contribution in [1.29, 1.82) is 0 Å². The number of aryl methyl sites for hydroxylation is 1. The summed E-state index contributed by atoms with van der Waals surface area (Å²) in [5.74, 6) is -1.76. The van der Waals surface area contributed by atoms with Crippen molar-refractivity contribution < 1.29 is 14.3 Å². The molecule has 1 aromatic heterocycles. The predicted molar refractivity (Wildman–Crippen MR) is 124 cm³/mol. The monoisotopic (exact) mass is 426 g/mol. The standard InChI is InChI=1S/C27H26N2O3/c1-15-7-9-16(10-8-15)21-22-17-6-5-13-28-18(17)11-12-19(22)29-20-14-27(2,3)24(26(31)32-4)25(30)23(20)21/h5-13,21,24,29H,14H2,1-4H3/t21-,24+/m0/s1. The highest BCUT2D eigenvalue weighted by atomic mass is 16.5. The predicted octanol–water partition coefficient (Wildman–Crippen LogP) is 5.14. The van der Waals surface area contributed by atoms with E-state index in [9.17, 15) is 9.59 Å². The third kappa shape index (κ3) is 3.03. The molecule has 0 spiro atoms. The zero-order chi connectivity index (χ0) is 22.6. The average molecular weight is 427 g/mol. The molecule has 5 heteroatoms. The number of esters is 1. The zero-order valence-electron chi connectivity index (χ0n) is 18.7. The summed E-state index contributed by atoms with van der Waals surface area (Å²) in [6, 6.07) is 16.3. The van der Waals surface area contributed by atoms with Crippen LogP contribution in [0.1, 0.15) is 42.9 Å². The number of fused-ring (bicyclic) bond motifs is 3. The van der Waals surface area contributed by atoms with E-state index in [1.54, 1.807) is 6.20 Å². The molecule has 0 unspecified atom stereocenters. The van der Waals surface area contributed by atoms with Gasteiger partial charge in [0.1, 0.15) is 5.92 Å². The number of ketones is 1. The van der Waals surface area contributed by atoms with E-state index in [4.69, 9.17) is 4.74 Å². The highest BCUT2D eigenvalue weighted by molar-refractivity contribution is 6.13. The molecule has 1 aliphatic heterocycles. The first-order valence-corrected chi connectivity index (χ1v) is 10.9. The lowest BCUT2D eigenvalue weighted by Crippen LogP contribution is -2.45. The quantitative estimate of drug-likeness (QED) is 0.454. The molecule has 0 saturated carbocycles. The Balaban J connectivity index is 1.80. The highest BCUT2D eigenvalue weighted by Gasteiger charge is 2.51. The van der Waals surface area contributed by atoms with Gasteiger partial charge in [0, 0.05) is 34.5 Å². The second-order valence-corrected chi connectivity index (χ2v) is 9.44. The average Bonchev–Trinajstić information content (AvgIpc) is 2.77. The minimum Gasteiger partial charge on any atom is -0.468 e. The number of allylic oxidation sites excluding steroid dienone is 2. The van der Waals surface area contributed by atoms with Gasteiger partial charge in [-0.05, 0) is 48.1 Å². The van der Waals surface area contributed by atoms with E-state index in [1.165, 1.54) is 7.11 Å². The molecule has 1 N–H and O–H groups in total. The van der Waals surface area contributed by atoms with Gasteiger partial charge in [-0.3, -0.25) is 14.6 Å². The molecule has 5 nitrogen and oxygen atoms in total. The number of anilines is 1. The van der Waals surface area contributed by atoms with Crippen molar-refractivity contribution in [2.24, 2.45) is 11.3 Å². The number of carbonyl (C=O) groups excluding carboxylic acids is 2. The van der Waals surface area contributed by atoms with E-state index >= 15 is 0 Å². The molecule has 32 heavy (non-hydrogen) atoms. The normalized spacial score (nSPS) is 21.6. The Morgan fingerprint density at radius 2 is 1.88 bits per heavy atom. The van der Waals surface area contributed by atoms with Crippen LogP contribution in [0.3, 0.4) is 0 Å². The van der Waals surface area contributed by atoms with Gasteiger partial charge in [-0.1, -0.05) is 49.7 Å². The number of rotatable bonds is 2. The number of benzene rings is 2. The molecular formula is C27H26N2O3. The topological polar surface area (TPSA) is 68.3 Å². The number of methoxy groups -OCH3 is 1. The van der Waals surface area contributed by atoms with E-state index in [0.717, 1.165) is 39.0 Å². The first kappa shape index (κ1) is 20.4. The van der Waals surface area contributed by atoms with Crippen LogP contribution in [0.15, 0.2) is 66.0 Å². The SMILES string of the molecule is COC(=O)[C@H]1C(=O)C2=C(CC1(C)C)Nc1ccc3ncccc3c1[C@@H]2c1ccc(C)cc1. The van der Waals surface area contributed by atoms with Crippen molar-refractivity contribution in [3.8, 4) is 0 Å². The molecule has 2 heterocycles. The third-order valence-electron chi connectivity index (χ3n) is 6.80. The van der Waals surface area contributed by atoms with Crippen molar-refractivity contribution in [1.82, 2.24) is 4.98 Å². The Kier molecular flexibility index (Phi) is 4.66. The molecular weight excluding hydrogens is 400 g/mol. The number of nitrogens with zero attached hydrogens (tertiary/aromatic N) is 1. The Bertz CT molecular complexity index is 1290. The van der Waals surface area contributed by atoms with Crippen LogP contribution in [0.2, 0.25) is 0 Å². The van der Waals surface area contributed by atoms with E-state index in [1.807, 2.05) is 45.0 Å². The van der Waals surface area contributed by atoms with Crippen LogP contribution in [-0.4, -0.2) is 23.8 Å². The lowest BCUT2D eigenvalue weighted by Gasteiger charge is -2.43. The van der Waals surface area contributed by atoms with Crippen LogP contribution in [0.25, 0.3) is 10.9 Å². The lowest BCUT2D eigenvalue weighted by atomic mass is 9.63. The smallest absolute Gasteiger partial charge is 0.317 e. The highest BCUT2D eigenvalue weighted by Crippen LogP contribution is 2.52. The van der Waals surface area contributed by atoms with Crippen molar-refractivity contribution in [2.45, 2.75) is 33.1 Å². The lowest BCUT2D eigenvalue weighted by molar-refractivity contribution is -0.154. The second kappa shape index (κ2) is 7.30. The molecule has 1 aliphatic carbocycles. The van der Waals surface area contributed by atoms with Crippen molar-refractivity contribution in [3.05, 3.63) is 82.7 Å². The molecule has 0 amide bonds. The van der Waals surface area contributed by atoms with Crippen LogP contribution < -0.4 is 5.32 Å². The van der Waals surface area contributed by atoms with Gasteiger partial charge in [0.25, 0.3) is 0 Å². The minimum atomic E-state index is -0.837. The Hall–Kier alpha value is -3.47. The summed E-state index contributed by atoms with van der Waals surface area (Å²) in [6.45, 7) is 5.96. The van der Waals surface area contributed by atoms with Gasteiger partial charge < -0.3 is 10.1 Å². The number of carbonyl (C=O) groups is 2. The number of pyridine rings is 1. The fraction of sp³-hybridized carbons (Fsp3) is 0.296. The van der Waals surface area contributed by atoms with Gasteiger partial charge in [0.2, 0.25) is 0 Å². The van der Waals surface area contributed by atoms with Crippen LogP contribution in [0, 0.1) is 18.3 Å². The summed E-state index contributed by atoms with van der Waals surface area (Å²) in [7, 11) is 1.35. The van der Waals surface area contributed by atoms with Crippen molar-refractivity contribution in [3.63, 3.8) is 0 Å². The molecule has 3 aromatic rings. The summed E-state index contributed by atoms with van der Waals surface area (Å²) in [4.78, 5) is 31.2. The number of nitrogens with one attached hydrogen (secondary N) is 1. The number of ether oxygens (including phenoxy) is 1. The van der Waals surface area contributed by atoms with E-state index < -0.39 is 17.3 Å². The van der Waals surface area contributed by atoms with Gasteiger partial charge in [0.15, 0.2) is 5.78 Å². The van der Waals surface area contributed by atoms with E-state index in [-0.39, 0.29) is 11.7 Å². The fourth-order valence-electron chi connectivity index (χ4n) is 5.28. The Morgan fingerprint density at radius 1 is 1.12 bits per heavy atom. The van der Waals surface area contributed by atoms with Gasteiger partial charge in [-0.2, -0.15) is 0 Å². The first-order chi connectivity index (χ1) is 15.3. The molecule has 0 fully saturated rings. The number of hydrogen-bond acceptors (Lipinski definition) is 5. The molecule has 0 bridgehead atoms. The molecule has 0 radical (unpaired) electrons. The zero-order valence-corrected chi connectivity index (χ0v) is 18.7. The van der Waals surface area contributed by atoms with Gasteiger partial charge >= 0.3 is 5.97 Å². The minimum absolute atomic E-state index is 0.160. The molecule has 2 aliphatic rings. The number of aromatic nitrogens is 1. The van der Waals surface area contributed by atoms with Crippen LogP contribution in [0.4, 0.5) is 5.69 Å². The van der Waals surface area contributed by atoms with Crippen LogP contribution in [0.5, 0.6) is 0 Å². The second-order valence-electron chi connectivity index (χ2n) is 9.44. The molecule has 162 valence electrons. The fourth-order valence-corrected chi connectivity index (χ4v) is 5.28. The summed E-state index contributed by atoms with van der Waals surface area (Å²) in [6.07, 6.45) is 2.36. The Labute approximate surface area is 187 Å². The maximum atomic E-state index is 14.0. The summed E-state index contributed by atoms with van der Waals surface area (Å²) in [5, 5.41) is 4.55. The van der Waals surface area contributed by atoms with E-state index in [2.05, 4.69) is 34.6 Å². The van der Waals surface area contributed by atoms with Gasteiger partial charge in [0.05, 0.1) is 12.6 Å². The van der Waals surface area contributed by atoms with Crippen LogP contribution in [-0.2, 0) is 14.3 Å². The maximum Gasteiger partial charge on any atom is 0.317 e. The van der Waals surface area contributed by atoms with Crippen LogP contribution >= 0.6 is 0 Å². The third-order valence-corrected chi connectivity index (χ3v) is 6.80. The number of hydrogen-bond donors (Lipinski definition) is 1. The molecule has 2 aromatic carbocycles. The number of Topliss-reactive ketones (excluding diaryl/α,β-unsaturated/α-hetero) is 1. The molecule has 2 atom stereocenters. The van der Waals surface area contributed by atoms with Gasteiger partial charge in [-0.15, -0.1) is 0 Å².